The van der Waals surface area contributed by atoms with E-state index < -0.39 is 0 Å². The molecule has 1 aromatic rings. The van der Waals surface area contributed by atoms with E-state index in [1.165, 1.54) is 19.2 Å². The molecule has 6 nitrogen and oxygen atoms in total. The van der Waals surface area contributed by atoms with Crippen molar-refractivity contribution >= 4 is 11.6 Å². The lowest BCUT2D eigenvalue weighted by molar-refractivity contribution is 0.175. The van der Waals surface area contributed by atoms with Gasteiger partial charge in [0.05, 0.1) is 0 Å². The molecule has 0 spiro atoms. The van der Waals surface area contributed by atoms with Gasteiger partial charge in [0.1, 0.15) is 18.0 Å². The Morgan fingerprint density at radius 3 is 2.68 bits per heavy atom. The molecule has 0 amide bonds. The van der Waals surface area contributed by atoms with Gasteiger partial charge in [-0.25, -0.2) is 15.8 Å². The van der Waals surface area contributed by atoms with Crippen molar-refractivity contribution in [3.8, 4) is 0 Å². The zero-order valence-electron chi connectivity index (χ0n) is 11.7. The quantitative estimate of drug-likeness (QED) is 0.488. The van der Waals surface area contributed by atoms with Crippen LogP contribution in [0.3, 0.4) is 0 Å². The summed E-state index contributed by atoms with van der Waals surface area (Å²) in [5.41, 5.74) is 4.05. The minimum absolute atomic E-state index is 0.391. The van der Waals surface area contributed by atoms with Gasteiger partial charge in [-0.15, -0.1) is 0 Å². The topological polar surface area (TPSA) is 85.1 Å². The molecule has 0 saturated heterocycles. The maximum atomic E-state index is 5.47. The van der Waals surface area contributed by atoms with Crippen LogP contribution in [0.4, 0.5) is 11.6 Å². The monoisotopic (exact) mass is 265 g/mol. The summed E-state index contributed by atoms with van der Waals surface area (Å²) in [6.07, 6.45) is 6.00. The molecule has 0 aliphatic heterocycles. The van der Waals surface area contributed by atoms with Crippen LogP contribution in [-0.4, -0.2) is 30.2 Å². The fourth-order valence-corrected chi connectivity index (χ4v) is 2.31. The molecule has 1 saturated carbocycles. The van der Waals surface area contributed by atoms with E-state index in [0.717, 1.165) is 37.4 Å². The van der Waals surface area contributed by atoms with E-state index in [1.54, 1.807) is 7.11 Å². The second kappa shape index (κ2) is 6.16. The lowest BCUT2D eigenvalue weighted by Crippen LogP contribution is -2.20. The SMILES string of the molecule is CCc1c(NN)ncnc1NCC1(CCOC)CC1. The number of methoxy groups -OCH3 is 1. The minimum Gasteiger partial charge on any atom is -0.385 e. The fourth-order valence-electron chi connectivity index (χ4n) is 2.31. The van der Waals surface area contributed by atoms with Gasteiger partial charge in [0.2, 0.25) is 0 Å². The summed E-state index contributed by atoms with van der Waals surface area (Å²) < 4.78 is 5.17. The lowest BCUT2D eigenvalue weighted by atomic mass is 10.0. The summed E-state index contributed by atoms with van der Waals surface area (Å²) in [5.74, 6) is 7.05. The molecule has 0 aromatic carbocycles. The molecule has 19 heavy (non-hydrogen) atoms. The standard InChI is InChI=1S/C13H23N5O/c1-3-10-11(16-9-17-12(10)18-14)15-8-13(4-5-13)6-7-19-2/h9H,3-8,14H2,1-2H3,(H2,15,16,17,18). The Labute approximate surface area is 114 Å². The summed E-state index contributed by atoms with van der Waals surface area (Å²) in [4.78, 5) is 8.45. The van der Waals surface area contributed by atoms with E-state index in [-0.39, 0.29) is 0 Å². The Hall–Kier alpha value is -1.40. The molecular formula is C13H23N5O. The molecule has 0 bridgehead atoms. The number of aromatic nitrogens is 2. The molecular weight excluding hydrogens is 242 g/mol. The molecule has 1 aliphatic carbocycles. The summed E-state index contributed by atoms with van der Waals surface area (Å²) in [6.45, 7) is 3.83. The molecule has 1 fully saturated rings. The number of ether oxygens (including phenoxy) is 1. The number of nitrogen functional groups attached to an aromatic ring is 1. The highest BCUT2D eigenvalue weighted by molar-refractivity contribution is 5.56. The van der Waals surface area contributed by atoms with Crippen LogP contribution in [0.5, 0.6) is 0 Å². The van der Waals surface area contributed by atoms with Gasteiger partial charge in [-0.05, 0) is 31.1 Å². The van der Waals surface area contributed by atoms with Crippen molar-refractivity contribution in [3.63, 3.8) is 0 Å². The Balaban J connectivity index is 1.99. The number of hydrogen-bond donors (Lipinski definition) is 3. The zero-order valence-corrected chi connectivity index (χ0v) is 11.7. The number of nitrogens with zero attached hydrogens (tertiary/aromatic N) is 2. The van der Waals surface area contributed by atoms with Gasteiger partial charge in [0, 0.05) is 25.8 Å². The summed E-state index contributed by atoms with van der Waals surface area (Å²) >= 11 is 0. The third-order valence-corrected chi connectivity index (χ3v) is 3.86. The Kier molecular flexibility index (Phi) is 4.55. The number of rotatable bonds is 8. The van der Waals surface area contributed by atoms with E-state index in [2.05, 4.69) is 27.6 Å². The normalized spacial score (nSPS) is 16.2. The van der Waals surface area contributed by atoms with E-state index in [1.807, 2.05) is 0 Å². The summed E-state index contributed by atoms with van der Waals surface area (Å²) in [5, 5.41) is 3.45. The Morgan fingerprint density at radius 1 is 1.37 bits per heavy atom. The number of hydrazine groups is 1. The Morgan fingerprint density at radius 2 is 2.11 bits per heavy atom. The number of nitrogens with two attached hydrogens (primary N) is 1. The molecule has 1 aliphatic rings. The van der Waals surface area contributed by atoms with Gasteiger partial charge in [0.15, 0.2) is 0 Å². The first-order valence-electron chi connectivity index (χ1n) is 6.78. The number of hydrogen-bond acceptors (Lipinski definition) is 6. The van der Waals surface area contributed by atoms with Crippen molar-refractivity contribution in [2.24, 2.45) is 11.3 Å². The maximum Gasteiger partial charge on any atom is 0.148 e. The summed E-state index contributed by atoms with van der Waals surface area (Å²) in [6, 6.07) is 0. The molecule has 1 aromatic heterocycles. The van der Waals surface area contributed by atoms with Gasteiger partial charge in [-0.2, -0.15) is 0 Å². The predicted molar refractivity (Wildman–Crippen MR) is 75.9 cm³/mol. The predicted octanol–water partition coefficient (Wildman–Crippen LogP) is 1.55. The number of anilines is 2. The molecule has 1 heterocycles. The third-order valence-electron chi connectivity index (χ3n) is 3.86. The first-order chi connectivity index (χ1) is 9.24. The van der Waals surface area contributed by atoms with E-state index in [9.17, 15) is 0 Å². The largest absolute Gasteiger partial charge is 0.385 e. The molecule has 2 rings (SSSR count). The van der Waals surface area contributed by atoms with Crippen molar-refractivity contribution in [1.29, 1.82) is 0 Å². The smallest absolute Gasteiger partial charge is 0.148 e. The van der Waals surface area contributed by atoms with Crippen LogP contribution in [0.15, 0.2) is 6.33 Å². The highest BCUT2D eigenvalue weighted by Crippen LogP contribution is 2.48. The highest BCUT2D eigenvalue weighted by Gasteiger charge is 2.41. The molecule has 0 atom stereocenters. The lowest BCUT2D eigenvalue weighted by Gasteiger charge is -2.18. The van der Waals surface area contributed by atoms with Crippen LogP contribution in [0.1, 0.15) is 31.7 Å². The molecule has 4 N–H and O–H groups in total. The van der Waals surface area contributed by atoms with Crippen LogP contribution in [0.25, 0.3) is 0 Å². The highest BCUT2D eigenvalue weighted by atomic mass is 16.5. The fraction of sp³-hybridized carbons (Fsp3) is 0.692. The molecule has 106 valence electrons. The van der Waals surface area contributed by atoms with Gasteiger partial charge in [-0.1, -0.05) is 6.92 Å². The third kappa shape index (κ3) is 3.33. The van der Waals surface area contributed by atoms with Gasteiger partial charge in [0.25, 0.3) is 0 Å². The second-order valence-corrected chi connectivity index (χ2v) is 5.14. The number of nitrogens with one attached hydrogen (secondary N) is 2. The van der Waals surface area contributed by atoms with Gasteiger partial charge < -0.3 is 15.5 Å². The van der Waals surface area contributed by atoms with Crippen LogP contribution in [0.2, 0.25) is 0 Å². The second-order valence-electron chi connectivity index (χ2n) is 5.14. The molecule has 0 unspecified atom stereocenters. The minimum atomic E-state index is 0.391. The van der Waals surface area contributed by atoms with Gasteiger partial charge in [-0.3, -0.25) is 0 Å². The Bertz CT molecular complexity index is 419. The van der Waals surface area contributed by atoms with Crippen LogP contribution in [-0.2, 0) is 11.2 Å². The van der Waals surface area contributed by atoms with E-state index >= 15 is 0 Å². The maximum absolute atomic E-state index is 5.47. The van der Waals surface area contributed by atoms with Crippen molar-refractivity contribution in [2.75, 3.05) is 31.0 Å². The summed E-state index contributed by atoms with van der Waals surface area (Å²) in [7, 11) is 1.75. The zero-order chi connectivity index (χ0) is 13.7. The van der Waals surface area contributed by atoms with Gasteiger partial charge >= 0.3 is 0 Å². The van der Waals surface area contributed by atoms with E-state index in [4.69, 9.17) is 10.6 Å². The van der Waals surface area contributed by atoms with Crippen molar-refractivity contribution in [2.45, 2.75) is 32.6 Å². The average molecular weight is 265 g/mol. The van der Waals surface area contributed by atoms with Crippen molar-refractivity contribution < 1.29 is 4.74 Å². The van der Waals surface area contributed by atoms with Crippen LogP contribution < -0.4 is 16.6 Å². The van der Waals surface area contributed by atoms with Crippen LogP contribution >= 0.6 is 0 Å². The molecule has 0 radical (unpaired) electrons. The van der Waals surface area contributed by atoms with Crippen molar-refractivity contribution in [1.82, 2.24) is 9.97 Å². The van der Waals surface area contributed by atoms with Crippen molar-refractivity contribution in [3.05, 3.63) is 11.9 Å². The van der Waals surface area contributed by atoms with Crippen LogP contribution in [0, 0.1) is 5.41 Å². The first kappa shape index (κ1) is 14.0. The van der Waals surface area contributed by atoms with E-state index in [0.29, 0.717) is 11.2 Å². The average Bonchev–Trinajstić information content (AvgIpc) is 3.23. The molecule has 6 heteroatoms. The first-order valence-corrected chi connectivity index (χ1v) is 6.78.